The van der Waals surface area contributed by atoms with Gasteiger partial charge in [0, 0.05) is 36.2 Å². The third-order valence-corrected chi connectivity index (χ3v) is 5.95. The molecule has 1 saturated heterocycles. The van der Waals surface area contributed by atoms with Crippen LogP contribution >= 0.6 is 0 Å². The van der Waals surface area contributed by atoms with Crippen LogP contribution in [0.1, 0.15) is 22.8 Å². The number of aromatic amines is 1. The number of carbonyl (C=O) groups excluding carboxylic acids is 1. The Kier molecular flexibility index (Phi) is 5.66. The normalized spacial score (nSPS) is 13.9. The molecule has 1 fully saturated rings. The number of anilines is 3. The molecule has 1 aliphatic rings. The van der Waals surface area contributed by atoms with Gasteiger partial charge in [-0.15, -0.1) is 0 Å². The number of morpholine rings is 1. The third kappa shape index (κ3) is 4.12. The lowest BCUT2D eigenvalue weighted by Crippen LogP contribution is -2.36. The number of nitrogens with one attached hydrogen (secondary N) is 2. The molecule has 1 aliphatic heterocycles. The van der Waals surface area contributed by atoms with E-state index in [0.717, 1.165) is 55.2 Å². The second kappa shape index (κ2) is 8.91. The van der Waals surface area contributed by atoms with E-state index in [1.54, 1.807) is 0 Å². The van der Waals surface area contributed by atoms with Gasteiger partial charge < -0.3 is 25.7 Å². The number of carbonyl (C=O) groups is 1. The number of benzene rings is 2. The fourth-order valence-corrected chi connectivity index (χ4v) is 4.14. The van der Waals surface area contributed by atoms with E-state index in [2.05, 4.69) is 45.3 Å². The highest BCUT2D eigenvalue weighted by Gasteiger charge is 2.19. The van der Waals surface area contributed by atoms with Crippen LogP contribution < -0.4 is 16.0 Å². The minimum atomic E-state index is -0.555. The van der Waals surface area contributed by atoms with Crippen LogP contribution in [0.5, 0.6) is 0 Å². The van der Waals surface area contributed by atoms with Gasteiger partial charge in [-0.1, -0.05) is 25.1 Å². The number of amides is 1. The average molecular weight is 443 g/mol. The van der Waals surface area contributed by atoms with E-state index < -0.39 is 5.91 Å². The molecule has 0 unspecified atom stereocenters. The number of hydrogen-bond donors (Lipinski definition) is 3. The van der Waals surface area contributed by atoms with Crippen LogP contribution in [0.4, 0.5) is 17.1 Å². The summed E-state index contributed by atoms with van der Waals surface area (Å²) in [4.78, 5) is 27.0. The molecular weight excluding hydrogens is 416 g/mol. The molecule has 0 saturated carbocycles. The van der Waals surface area contributed by atoms with E-state index in [1.165, 1.54) is 6.20 Å². The summed E-state index contributed by atoms with van der Waals surface area (Å²) in [5.41, 5.74) is 11.8. The van der Waals surface area contributed by atoms with Crippen LogP contribution in [0, 0.1) is 0 Å². The van der Waals surface area contributed by atoms with Gasteiger partial charge in [0.1, 0.15) is 11.3 Å². The first-order valence-corrected chi connectivity index (χ1v) is 11.1. The number of para-hydroxylation sites is 1. The van der Waals surface area contributed by atoms with Gasteiger partial charge in [0.25, 0.3) is 5.91 Å². The van der Waals surface area contributed by atoms with E-state index in [1.807, 2.05) is 30.3 Å². The number of fused-ring (bicyclic) bond motifs is 1. The quantitative estimate of drug-likeness (QED) is 0.418. The zero-order valence-electron chi connectivity index (χ0n) is 18.5. The van der Waals surface area contributed by atoms with Crippen LogP contribution in [-0.4, -0.2) is 47.2 Å². The van der Waals surface area contributed by atoms with Crippen molar-refractivity contribution in [1.29, 1.82) is 0 Å². The SMILES string of the molecule is CCc1ccccc1Nc1c(C(N)=O)cnc2[nH]c(-c3ccc(N4CCOCC4)cc3)nc12. The molecule has 5 rings (SSSR count). The number of aryl methyl sites for hydroxylation is 1. The van der Waals surface area contributed by atoms with Gasteiger partial charge in [-0.05, 0) is 42.3 Å². The van der Waals surface area contributed by atoms with Crippen molar-refractivity contribution in [3.8, 4) is 11.4 Å². The highest BCUT2D eigenvalue weighted by atomic mass is 16.5. The Bertz CT molecular complexity index is 1290. The molecule has 8 nitrogen and oxygen atoms in total. The molecule has 2 aromatic heterocycles. The lowest BCUT2D eigenvalue weighted by atomic mass is 10.1. The van der Waals surface area contributed by atoms with E-state index in [0.29, 0.717) is 28.2 Å². The van der Waals surface area contributed by atoms with Gasteiger partial charge >= 0.3 is 0 Å². The second-order valence-electron chi connectivity index (χ2n) is 7.98. The van der Waals surface area contributed by atoms with Crippen molar-refractivity contribution in [2.45, 2.75) is 13.3 Å². The maximum absolute atomic E-state index is 12.2. The number of nitrogens with two attached hydrogens (primary N) is 1. The van der Waals surface area contributed by atoms with Crippen molar-refractivity contribution in [3.05, 3.63) is 65.9 Å². The maximum Gasteiger partial charge on any atom is 0.252 e. The molecule has 0 atom stereocenters. The van der Waals surface area contributed by atoms with Crippen LogP contribution in [0.3, 0.4) is 0 Å². The second-order valence-corrected chi connectivity index (χ2v) is 7.98. The first kappa shape index (κ1) is 21.0. The molecule has 33 heavy (non-hydrogen) atoms. The van der Waals surface area contributed by atoms with Crippen molar-refractivity contribution >= 4 is 34.1 Å². The molecule has 4 aromatic rings. The van der Waals surface area contributed by atoms with E-state index in [-0.39, 0.29) is 0 Å². The van der Waals surface area contributed by atoms with E-state index in [4.69, 9.17) is 15.5 Å². The predicted molar refractivity (Wildman–Crippen MR) is 130 cm³/mol. The van der Waals surface area contributed by atoms with Crippen molar-refractivity contribution in [3.63, 3.8) is 0 Å². The Hall–Kier alpha value is -3.91. The zero-order valence-corrected chi connectivity index (χ0v) is 18.5. The molecule has 0 aliphatic carbocycles. The van der Waals surface area contributed by atoms with Gasteiger partial charge in [-0.25, -0.2) is 9.97 Å². The first-order chi connectivity index (χ1) is 16.1. The smallest absolute Gasteiger partial charge is 0.252 e. The molecule has 0 spiro atoms. The number of pyridine rings is 1. The number of primary amides is 1. The molecule has 168 valence electrons. The molecule has 4 N–H and O–H groups in total. The Morgan fingerprint density at radius 1 is 1.15 bits per heavy atom. The number of H-pyrrole nitrogens is 1. The van der Waals surface area contributed by atoms with Crippen LogP contribution in [0.15, 0.2) is 54.7 Å². The summed E-state index contributed by atoms with van der Waals surface area (Å²) in [5, 5.41) is 3.39. The fourth-order valence-electron chi connectivity index (χ4n) is 4.14. The molecule has 0 bridgehead atoms. The molecule has 2 aromatic carbocycles. The summed E-state index contributed by atoms with van der Waals surface area (Å²) in [6.45, 7) is 5.35. The summed E-state index contributed by atoms with van der Waals surface area (Å²) < 4.78 is 5.44. The zero-order chi connectivity index (χ0) is 22.8. The Morgan fingerprint density at radius 3 is 2.64 bits per heavy atom. The topological polar surface area (TPSA) is 109 Å². The first-order valence-electron chi connectivity index (χ1n) is 11.1. The monoisotopic (exact) mass is 442 g/mol. The van der Waals surface area contributed by atoms with Crippen LogP contribution in [-0.2, 0) is 11.2 Å². The third-order valence-electron chi connectivity index (χ3n) is 5.95. The molecule has 3 heterocycles. The lowest BCUT2D eigenvalue weighted by molar-refractivity contribution is 0.100. The minimum absolute atomic E-state index is 0.300. The predicted octanol–water partition coefficient (Wildman–Crippen LogP) is 3.87. The molecular formula is C25H26N6O2. The number of nitrogens with zero attached hydrogens (tertiary/aromatic N) is 3. The Morgan fingerprint density at radius 2 is 1.91 bits per heavy atom. The number of ether oxygens (including phenoxy) is 1. The highest BCUT2D eigenvalue weighted by Crippen LogP contribution is 2.32. The summed E-state index contributed by atoms with van der Waals surface area (Å²) in [7, 11) is 0. The largest absolute Gasteiger partial charge is 0.378 e. The van der Waals surface area contributed by atoms with Gasteiger partial charge in [-0.2, -0.15) is 0 Å². The Balaban J connectivity index is 1.53. The van der Waals surface area contributed by atoms with Crippen LogP contribution in [0.2, 0.25) is 0 Å². The fraction of sp³-hybridized carbons (Fsp3) is 0.240. The van der Waals surface area contributed by atoms with Crippen LogP contribution in [0.25, 0.3) is 22.6 Å². The van der Waals surface area contributed by atoms with Gasteiger partial charge in [0.15, 0.2) is 5.65 Å². The average Bonchev–Trinajstić information content (AvgIpc) is 3.30. The molecule has 1 amide bonds. The number of imidazole rings is 1. The molecule has 8 heteroatoms. The summed E-state index contributed by atoms with van der Waals surface area (Å²) >= 11 is 0. The highest BCUT2D eigenvalue weighted by molar-refractivity contribution is 6.06. The lowest BCUT2D eigenvalue weighted by Gasteiger charge is -2.28. The summed E-state index contributed by atoms with van der Waals surface area (Å²) in [6, 6.07) is 16.2. The van der Waals surface area contributed by atoms with E-state index in [9.17, 15) is 4.79 Å². The van der Waals surface area contributed by atoms with E-state index >= 15 is 0 Å². The number of aromatic nitrogens is 3. The van der Waals surface area contributed by atoms with Crippen molar-refractivity contribution in [2.75, 3.05) is 36.5 Å². The van der Waals surface area contributed by atoms with Crippen molar-refractivity contribution < 1.29 is 9.53 Å². The summed E-state index contributed by atoms with van der Waals surface area (Å²) in [5.74, 6) is 0.125. The van der Waals surface area contributed by atoms with Gasteiger partial charge in [-0.3, -0.25) is 4.79 Å². The maximum atomic E-state index is 12.2. The standard InChI is InChI=1S/C25H26N6O2/c1-2-16-5-3-4-6-20(16)28-21-19(23(26)32)15-27-25-22(21)29-24(30-25)17-7-9-18(10-8-17)31-11-13-33-14-12-31/h3-10,15H,2,11-14H2,1H3,(H2,26,32)(H2,27,28,29,30). The number of hydrogen-bond acceptors (Lipinski definition) is 6. The van der Waals surface area contributed by atoms with Gasteiger partial charge in [0.05, 0.1) is 24.5 Å². The van der Waals surface area contributed by atoms with Crippen molar-refractivity contribution in [2.24, 2.45) is 5.73 Å². The molecule has 0 radical (unpaired) electrons. The summed E-state index contributed by atoms with van der Waals surface area (Å²) in [6.07, 6.45) is 2.34. The van der Waals surface area contributed by atoms with Crippen molar-refractivity contribution in [1.82, 2.24) is 15.0 Å². The van der Waals surface area contributed by atoms with Gasteiger partial charge in [0.2, 0.25) is 0 Å². The number of rotatable bonds is 6. The minimum Gasteiger partial charge on any atom is -0.378 e. The Labute approximate surface area is 191 Å².